The Kier molecular flexibility index (Phi) is 4.01. The number of hydrogen-bond donors (Lipinski definition) is 1. The van der Waals surface area contributed by atoms with Crippen LogP contribution < -0.4 is 5.90 Å². The maximum Gasteiger partial charge on any atom is 0.446 e. The van der Waals surface area contributed by atoms with Crippen LogP contribution in [-0.2, 0) is 4.84 Å². The molecule has 2 N–H and O–H groups in total. The van der Waals surface area contributed by atoms with Crippen LogP contribution in [0.3, 0.4) is 0 Å². The fourth-order valence-electron chi connectivity index (χ4n) is 1.02. The van der Waals surface area contributed by atoms with Crippen molar-refractivity contribution in [2.75, 3.05) is 0 Å². The zero-order chi connectivity index (χ0) is 11.5. The van der Waals surface area contributed by atoms with Crippen LogP contribution in [-0.4, -0.2) is 5.51 Å². The quantitative estimate of drug-likeness (QED) is 0.647. The summed E-state index contributed by atoms with van der Waals surface area (Å²) in [7, 11) is 0. The molecule has 6 heteroatoms. The van der Waals surface area contributed by atoms with Gasteiger partial charge in [0, 0.05) is 4.90 Å². The smallest absolute Gasteiger partial charge is 0.297 e. The third-order valence-corrected chi connectivity index (χ3v) is 2.53. The van der Waals surface area contributed by atoms with E-state index in [2.05, 4.69) is 4.84 Å². The first-order chi connectivity index (χ1) is 6.92. The molecule has 0 saturated heterocycles. The van der Waals surface area contributed by atoms with E-state index in [0.717, 1.165) is 5.56 Å². The van der Waals surface area contributed by atoms with Crippen molar-refractivity contribution in [2.24, 2.45) is 5.90 Å². The minimum absolute atomic E-state index is 0.143. The molecular formula is C9H10F3NOS. The van der Waals surface area contributed by atoms with Crippen LogP contribution in [0.1, 0.15) is 18.6 Å². The van der Waals surface area contributed by atoms with Crippen LogP contribution in [0.2, 0.25) is 0 Å². The average Bonchev–Trinajstić information content (AvgIpc) is 2.15. The lowest BCUT2D eigenvalue weighted by molar-refractivity contribution is -0.0328. The van der Waals surface area contributed by atoms with Gasteiger partial charge in [0.25, 0.3) is 0 Å². The third-order valence-electron chi connectivity index (χ3n) is 1.79. The number of benzene rings is 1. The highest BCUT2D eigenvalue weighted by molar-refractivity contribution is 8.00. The van der Waals surface area contributed by atoms with Gasteiger partial charge >= 0.3 is 5.51 Å². The Labute approximate surface area is 89.6 Å². The van der Waals surface area contributed by atoms with Crippen molar-refractivity contribution in [3.05, 3.63) is 29.8 Å². The van der Waals surface area contributed by atoms with Crippen molar-refractivity contribution >= 4 is 11.8 Å². The van der Waals surface area contributed by atoms with Gasteiger partial charge in [0.2, 0.25) is 0 Å². The largest absolute Gasteiger partial charge is 0.446 e. The Hall–Kier alpha value is -0.720. The van der Waals surface area contributed by atoms with Crippen LogP contribution >= 0.6 is 11.8 Å². The fraction of sp³-hybridized carbons (Fsp3) is 0.333. The van der Waals surface area contributed by atoms with Gasteiger partial charge < -0.3 is 0 Å². The van der Waals surface area contributed by atoms with E-state index >= 15 is 0 Å². The van der Waals surface area contributed by atoms with Gasteiger partial charge in [-0.05, 0) is 36.4 Å². The summed E-state index contributed by atoms with van der Waals surface area (Å²) in [4.78, 5) is 4.70. The summed E-state index contributed by atoms with van der Waals surface area (Å²) in [6, 6.07) is 5.91. The molecule has 0 fully saturated rings. The van der Waals surface area contributed by atoms with Crippen molar-refractivity contribution in [1.82, 2.24) is 0 Å². The Morgan fingerprint density at radius 3 is 2.20 bits per heavy atom. The van der Waals surface area contributed by atoms with E-state index in [9.17, 15) is 13.2 Å². The van der Waals surface area contributed by atoms with E-state index in [-0.39, 0.29) is 22.8 Å². The van der Waals surface area contributed by atoms with Crippen molar-refractivity contribution < 1.29 is 18.0 Å². The molecule has 0 aliphatic rings. The second-order valence-corrected chi connectivity index (χ2v) is 4.03. The lowest BCUT2D eigenvalue weighted by atomic mass is 10.1. The van der Waals surface area contributed by atoms with Gasteiger partial charge in [-0.3, -0.25) is 4.84 Å². The molecule has 84 valence electrons. The molecule has 0 heterocycles. The summed E-state index contributed by atoms with van der Waals surface area (Å²) in [5.74, 6) is 4.96. The monoisotopic (exact) mass is 237 g/mol. The predicted octanol–water partition coefficient (Wildman–Crippen LogP) is 3.25. The summed E-state index contributed by atoms with van der Waals surface area (Å²) in [5, 5.41) is 0. The van der Waals surface area contributed by atoms with Crippen LogP contribution in [0.15, 0.2) is 29.2 Å². The molecule has 15 heavy (non-hydrogen) atoms. The number of rotatable bonds is 3. The maximum absolute atomic E-state index is 12.0. The normalized spacial score (nSPS) is 13.9. The molecule has 0 saturated carbocycles. The van der Waals surface area contributed by atoms with Crippen LogP contribution in [0.5, 0.6) is 0 Å². The van der Waals surface area contributed by atoms with E-state index < -0.39 is 5.51 Å². The molecule has 1 unspecified atom stereocenters. The lowest BCUT2D eigenvalue weighted by Gasteiger charge is -2.10. The Morgan fingerprint density at radius 2 is 1.80 bits per heavy atom. The molecule has 1 aromatic rings. The first kappa shape index (κ1) is 12.4. The Bertz CT molecular complexity index is 312. The number of nitrogens with two attached hydrogens (primary N) is 1. The van der Waals surface area contributed by atoms with Gasteiger partial charge in [0.1, 0.15) is 6.10 Å². The zero-order valence-electron chi connectivity index (χ0n) is 7.91. The van der Waals surface area contributed by atoms with Crippen LogP contribution in [0, 0.1) is 0 Å². The highest BCUT2D eigenvalue weighted by atomic mass is 32.2. The predicted molar refractivity (Wildman–Crippen MR) is 52.0 cm³/mol. The number of hydrogen-bond acceptors (Lipinski definition) is 3. The Balaban J connectivity index is 2.72. The van der Waals surface area contributed by atoms with Crippen molar-refractivity contribution in [3.8, 4) is 0 Å². The molecule has 0 bridgehead atoms. The summed E-state index contributed by atoms with van der Waals surface area (Å²) < 4.78 is 36.0. The number of halogens is 3. The summed E-state index contributed by atoms with van der Waals surface area (Å²) in [6.07, 6.45) is -0.324. The lowest BCUT2D eigenvalue weighted by Crippen LogP contribution is -2.05. The van der Waals surface area contributed by atoms with E-state index in [4.69, 9.17) is 5.90 Å². The molecule has 0 spiro atoms. The first-order valence-corrected chi connectivity index (χ1v) is 4.95. The molecule has 1 atom stereocenters. The topological polar surface area (TPSA) is 35.2 Å². The molecule has 0 aromatic heterocycles. The van der Waals surface area contributed by atoms with Gasteiger partial charge in [-0.25, -0.2) is 5.90 Å². The third kappa shape index (κ3) is 4.11. The van der Waals surface area contributed by atoms with Crippen molar-refractivity contribution in [3.63, 3.8) is 0 Å². The van der Waals surface area contributed by atoms with Crippen molar-refractivity contribution in [2.45, 2.75) is 23.4 Å². The molecule has 1 aromatic carbocycles. The molecule has 1 rings (SSSR count). The minimum atomic E-state index is -4.25. The minimum Gasteiger partial charge on any atom is -0.297 e. The highest BCUT2D eigenvalue weighted by Gasteiger charge is 2.29. The Morgan fingerprint density at radius 1 is 1.27 bits per heavy atom. The number of alkyl halides is 3. The summed E-state index contributed by atoms with van der Waals surface area (Å²) in [5.41, 5.74) is -3.51. The molecule has 0 radical (unpaired) electrons. The van der Waals surface area contributed by atoms with Crippen LogP contribution in [0.4, 0.5) is 13.2 Å². The summed E-state index contributed by atoms with van der Waals surface area (Å²) >= 11 is -0.143. The molecular weight excluding hydrogens is 227 g/mol. The first-order valence-electron chi connectivity index (χ1n) is 4.13. The van der Waals surface area contributed by atoms with Crippen molar-refractivity contribution in [1.29, 1.82) is 0 Å². The average molecular weight is 237 g/mol. The van der Waals surface area contributed by atoms with Gasteiger partial charge in [0.05, 0.1) is 0 Å². The zero-order valence-corrected chi connectivity index (χ0v) is 8.73. The number of thioether (sulfide) groups is 1. The molecule has 0 amide bonds. The standard InChI is InChI=1S/C9H10F3NOS/c1-6(14-13)7-2-4-8(5-3-7)15-9(10,11)12/h2-6H,13H2,1H3. The summed E-state index contributed by atoms with van der Waals surface area (Å²) in [6.45, 7) is 1.71. The van der Waals surface area contributed by atoms with Gasteiger partial charge in [-0.15, -0.1) is 0 Å². The molecule has 0 aliphatic heterocycles. The highest BCUT2D eigenvalue weighted by Crippen LogP contribution is 2.37. The van der Waals surface area contributed by atoms with Gasteiger partial charge in [0.15, 0.2) is 0 Å². The van der Waals surface area contributed by atoms with E-state index in [1.54, 1.807) is 19.1 Å². The van der Waals surface area contributed by atoms with E-state index in [0.29, 0.717) is 0 Å². The van der Waals surface area contributed by atoms with E-state index in [1.165, 1.54) is 12.1 Å². The second-order valence-electron chi connectivity index (χ2n) is 2.90. The molecule has 0 aliphatic carbocycles. The van der Waals surface area contributed by atoms with Gasteiger partial charge in [-0.1, -0.05) is 12.1 Å². The van der Waals surface area contributed by atoms with Crippen LogP contribution in [0.25, 0.3) is 0 Å². The fourth-order valence-corrected chi connectivity index (χ4v) is 1.56. The van der Waals surface area contributed by atoms with E-state index in [1.807, 2.05) is 0 Å². The van der Waals surface area contributed by atoms with Gasteiger partial charge in [-0.2, -0.15) is 13.2 Å². The SMILES string of the molecule is CC(ON)c1ccc(SC(F)(F)F)cc1. The second kappa shape index (κ2) is 4.87. The maximum atomic E-state index is 12.0. The molecule has 2 nitrogen and oxygen atoms in total.